The van der Waals surface area contributed by atoms with Crippen LogP contribution in [0.3, 0.4) is 0 Å². The molecule has 0 aliphatic carbocycles. The normalized spacial score (nSPS) is 17.7. The van der Waals surface area contributed by atoms with E-state index < -0.39 is 5.60 Å². The van der Waals surface area contributed by atoms with E-state index in [9.17, 15) is 4.79 Å². The van der Waals surface area contributed by atoms with E-state index in [-0.39, 0.29) is 12.1 Å². The lowest BCUT2D eigenvalue weighted by molar-refractivity contribution is 0.0496. The molecule has 1 aromatic rings. The summed E-state index contributed by atoms with van der Waals surface area (Å²) in [5, 5.41) is 2.90. The van der Waals surface area contributed by atoms with Crippen LogP contribution in [0.15, 0.2) is 24.4 Å². The Morgan fingerprint density at radius 1 is 1.30 bits per heavy atom. The molecule has 0 unspecified atom stereocenters. The van der Waals surface area contributed by atoms with Gasteiger partial charge in [-0.3, -0.25) is 4.90 Å². The summed E-state index contributed by atoms with van der Waals surface area (Å²) in [6.07, 6.45) is 1.48. The second-order valence-corrected chi connectivity index (χ2v) is 7.02. The van der Waals surface area contributed by atoms with E-state index >= 15 is 0 Å². The van der Waals surface area contributed by atoms with Crippen LogP contribution in [0.5, 0.6) is 0 Å². The Morgan fingerprint density at radius 3 is 2.57 bits per heavy atom. The number of amides is 1. The van der Waals surface area contributed by atoms with Gasteiger partial charge in [-0.15, -0.1) is 0 Å². The molecule has 0 spiro atoms. The van der Waals surface area contributed by atoms with Crippen LogP contribution in [0, 0.1) is 0 Å². The summed E-state index contributed by atoms with van der Waals surface area (Å²) in [7, 11) is 0. The van der Waals surface area contributed by atoms with Crippen LogP contribution in [-0.4, -0.2) is 60.3 Å². The number of alkyl carbamates (subject to hydrolysis) is 1. The van der Waals surface area contributed by atoms with Gasteiger partial charge in [0.2, 0.25) is 0 Å². The van der Waals surface area contributed by atoms with E-state index in [1.807, 2.05) is 52.1 Å². The molecule has 1 atom stereocenters. The smallest absolute Gasteiger partial charge is 0.407 e. The number of pyridine rings is 1. The predicted octanol–water partition coefficient (Wildman–Crippen LogP) is 2.12. The summed E-state index contributed by atoms with van der Waals surface area (Å²) in [4.78, 5) is 20.8. The van der Waals surface area contributed by atoms with Crippen LogP contribution in [0.2, 0.25) is 0 Å². The minimum absolute atomic E-state index is 0.0613. The van der Waals surface area contributed by atoms with Crippen LogP contribution < -0.4 is 10.2 Å². The summed E-state index contributed by atoms with van der Waals surface area (Å²) < 4.78 is 5.29. The van der Waals surface area contributed by atoms with Gasteiger partial charge in [-0.2, -0.15) is 0 Å². The second-order valence-electron chi connectivity index (χ2n) is 7.02. The van der Waals surface area contributed by atoms with Crippen LogP contribution in [0.25, 0.3) is 0 Å². The summed E-state index contributed by atoms with van der Waals surface area (Å²) in [6, 6.07) is 6.06. The Morgan fingerprint density at radius 2 is 2.00 bits per heavy atom. The molecule has 1 saturated heterocycles. The Labute approximate surface area is 138 Å². The third-order valence-corrected chi connectivity index (χ3v) is 3.64. The van der Waals surface area contributed by atoms with Gasteiger partial charge in [0.25, 0.3) is 0 Å². The number of hydrogen-bond acceptors (Lipinski definition) is 5. The minimum atomic E-state index is -0.460. The van der Waals surface area contributed by atoms with Crippen molar-refractivity contribution in [2.75, 3.05) is 37.6 Å². The van der Waals surface area contributed by atoms with E-state index in [4.69, 9.17) is 4.74 Å². The Balaban J connectivity index is 1.72. The molecule has 1 aliphatic rings. The standard InChI is InChI=1S/C17H28N4O2/c1-14(19-16(22)23-17(2,3)4)13-20-9-11-21(12-10-20)15-7-5-6-8-18-15/h5-8,14H,9-13H2,1-4H3,(H,19,22)/t14-/m0/s1. The number of nitrogens with zero attached hydrogens (tertiary/aromatic N) is 3. The predicted molar refractivity (Wildman–Crippen MR) is 91.7 cm³/mol. The Kier molecular flexibility index (Phi) is 5.82. The first-order valence-corrected chi connectivity index (χ1v) is 8.21. The van der Waals surface area contributed by atoms with Crippen molar-refractivity contribution >= 4 is 11.9 Å². The molecule has 1 aliphatic heterocycles. The number of hydrogen-bond donors (Lipinski definition) is 1. The Bertz CT molecular complexity index is 493. The van der Waals surface area contributed by atoms with E-state index in [0.29, 0.717) is 0 Å². The van der Waals surface area contributed by atoms with E-state index in [0.717, 1.165) is 38.5 Å². The number of rotatable bonds is 4. The third-order valence-electron chi connectivity index (χ3n) is 3.64. The number of nitrogens with one attached hydrogen (secondary N) is 1. The van der Waals surface area contributed by atoms with E-state index in [1.165, 1.54) is 0 Å². The van der Waals surface area contributed by atoms with Gasteiger partial charge in [-0.1, -0.05) is 6.07 Å². The highest BCUT2D eigenvalue weighted by Crippen LogP contribution is 2.12. The monoisotopic (exact) mass is 320 g/mol. The molecule has 1 aromatic heterocycles. The van der Waals surface area contributed by atoms with Gasteiger partial charge in [0.05, 0.1) is 0 Å². The van der Waals surface area contributed by atoms with Gasteiger partial charge in [0, 0.05) is 45.0 Å². The molecule has 1 fully saturated rings. The summed E-state index contributed by atoms with van der Waals surface area (Å²) >= 11 is 0. The molecular formula is C17H28N4O2. The molecule has 1 amide bonds. The van der Waals surface area contributed by atoms with Gasteiger partial charge in [-0.05, 0) is 39.8 Å². The zero-order chi connectivity index (χ0) is 16.9. The molecule has 128 valence electrons. The second kappa shape index (κ2) is 7.64. The number of carbonyl (C=O) groups is 1. The van der Waals surface area contributed by atoms with E-state index in [1.54, 1.807) is 0 Å². The van der Waals surface area contributed by atoms with Crippen molar-refractivity contribution in [2.45, 2.75) is 39.3 Å². The number of anilines is 1. The maximum atomic E-state index is 11.8. The average molecular weight is 320 g/mol. The minimum Gasteiger partial charge on any atom is -0.444 e. The SMILES string of the molecule is C[C@@H](CN1CCN(c2ccccn2)CC1)NC(=O)OC(C)(C)C. The lowest BCUT2D eigenvalue weighted by Gasteiger charge is -2.36. The molecule has 6 nitrogen and oxygen atoms in total. The zero-order valence-electron chi connectivity index (χ0n) is 14.6. The first-order chi connectivity index (χ1) is 10.8. The van der Waals surface area contributed by atoms with Crippen molar-refractivity contribution in [1.82, 2.24) is 15.2 Å². The van der Waals surface area contributed by atoms with Crippen molar-refractivity contribution in [2.24, 2.45) is 0 Å². The van der Waals surface area contributed by atoms with Gasteiger partial charge in [0.15, 0.2) is 0 Å². The topological polar surface area (TPSA) is 57.7 Å². The van der Waals surface area contributed by atoms with Crippen molar-refractivity contribution in [1.29, 1.82) is 0 Å². The maximum Gasteiger partial charge on any atom is 0.407 e. The molecule has 0 radical (unpaired) electrons. The number of ether oxygens (including phenoxy) is 1. The molecule has 2 rings (SSSR count). The highest BCUT2D eigenvalue weighted by Gasteiger charge is 2.21. The molecule has 0 saturated carbocycles. The quantitative estimate of drug-likeness (QED) is 0.921. The number of piperazine rings is 1. The van der Waals surface area contributed by atoms with Crippen molar-refractivity contribution in [3.8, 4) is 0 Å². The zero-order valence-corrected chi connectivity index (χ0v) is 14.6. The summed E-state index contributed by atoms with van der Waals surface area (Å²) in [6.45, 7) is 12.3. The van der Waals surface area contributed by atoms with Crippen molar-refractivity contribution in [3.05, 3.63) is 24.4 Å². The van der Waals surface area contributed by atoms with E-state index in [2.05, 4.69) is 20.1 Å². The van der Waals surface area contributed by atoms with Gasteiger partial charge < -0.3 is 15.0 Å². The summed E-state index contributed by atoms with van der Waals surface area (Å²) in [5.41, 5.74) is -0.460. The molecule has 6 heteroatoms. The number of aromatic nitrogens is 1. The molecule has 1 N–H and O–H groups in total. The molecular weight excluding hydrogens is 292 g/mol. The fourth-order valence-corrected chi connectivity index (χ4v) is 2.64. The lowest BCUT2D eigenvalue weighted by atomic mass is 10.2. The van der Waals surface area contributed by atoms with Crippen LogP contribution >= 0.6 is 0 Å². The van der Waals surface area contributed by atoms with Gasteiger partial charge in [0.1, 0.15) is 11.4 Å². The first kappa shape index (κ1) is 17.5. The van der Waals surface area contributed by atoms with Gasteiger partial charge in [-0.25, -0.2) is 9.78 Å². The Hall–Kier alpha value is -1.82. The average Bonchev–Trinajstić information content (AvgIpc) is 2.46. The fraction of sp³-hybridized carbons (Fsp3) is 0.647. The fourth-order valence-electron chi connectivity index (χ4n) is 2.64. The molecule has 0 bridgehead atoms. The molecule has 0 aromatic carbocycles. The molecule has 2 heterocycles. The molecule has 23 heavy (non-hydrogen) atoms. The van der Waals surface area contributed by atoms with Crippen LogP contribution in [0.4, 0.5) is 10.6 Å². The van der Waals surface area contributed by atoms with Gasteiger partial charge >= 0.3 is 6.09 Å². The van der Waals surface area contributed by atoms with Crippen LogP contribution in [-0.2, 0) is 4.74 Å². The van der Waals surface area contributed by atoms with Crippen molar-refractivity contribution in [3.63, 3.8) is 0 Å². The maximum absolute atomic E-state index is 11.8. The van der Waals surface area contributed by atoms with Crippen LogP contribution in [0.1, 0.15) is 27.7 Å². The van der Waals surface area contributed by atoms with Crippen molar-refractivity contribution < 1.29 is 9.53 Å². The summed E-state index contributed by atoms with van der Waals surface area (Å²) in [5.74, 6) is 1.03. The largest absolute Gasteiger partial charge is 0.444 e. The lowest BCUT2D eigenvalue weighted by Crippen LogP contribution is -2.51. The highest BCUT2D eigenvalue weighted by molar-refractivity contribution is 5.68. The number of carbonyl (C=O) groups excluding carboxylic acids is 1. The third kappa shape index (κ3) is 6.06. The first-order valence-electron chi connectivity index (χ1n) is 8.21. The highest BCUT2D eigenvalue weighted by atomic mass is 16.6.